The zero-order chi connectivity index (χ0) is 17.8. The maximum absolute atomic E-state index is 11.0. The third-order valence-electron chi connectivity index (χ3n) is 3.82. The molecule has 132 valence electrons. The Hall–Kier alpha value is -2.25. The summed E-state index contributed by atoms with van der Waals surface area (Å²) in [5.41, 5.74) is 0.894. The van der Waals surface area contributed by atoms with Crippen molar-refractivity contribution in [3.63, 3.8) is 0 Å². The average Bonchev–Trinajstić information content (AvgIpc) is 2.61. The first-order chi connectivity index (χ1) is 12.0. The van der Waals surface area contributed by atoms with E-state index in [0.29, 0.717) is 37.0 Å². The van der Waals surface area contributed by atoms with Crippen molar-refractivity contribution in [3.8, 4) is 5.88 Å². The van der Waals surface area contributed by atoms with Crippen molar-refractivity contribution >= 4 is 35.1 Å². The molecule has 1 N–H and O–H groups in total. The summed E-state index contributed by atoms with van der Waals surface area (Å²) >= 11 is 12.0. The predicted molar refractivity (Wildman–Crippen MR) is 94.6 cm³/mol. The van der Waals surface area contributed by atoms with Crippen LogP contribution in [0.5, 0.6) is 5.88 Å². The second-order valence-electron chi connectivity index (χ2n) is 5.50. The van der Waals surface area contributed by atoms with Gasteiger partial charge in [0.2, 0.25) is 0 Å². The van der Waals surface area contributed by atoms with Crippen LogP contribution in [-0.4, -0.2) is 52.2 Å². The SMILES string of the molecule is O=C(O)N1CCN(c2cnc(Cl)c(OCc3cccc(Cl)c3)n2)CC1. The van der Waals surface area contributed by atoms with Crippen LogP contribution in [0.25, 0.3) is 0 Å². The van der Waals surface area contributed by atoms with Crippen molar-refractivity contribution in [1.29, 1.82) is 0 Å². The van der Waals surface area contributed by atoms with Gasteiger partial charge >= 0.3 is 6.09 Å². The normalized spacial score (nSPS) is 14.5. The summed E-state index contributed by atoms with van der Waals surface area (Å²) < 4.78 is 5.67. The van der Waals surface area contributed by atoms with E-state index in [9.17, 15) is 4.79 Å². The van der Waals surface area contributed by atoms with Crippen molar-refractivity contribution in [1.82, 2.24) is 14.9 Å². The van der Waals surface area contributed by atoms with Gasteiger partial charge in [0.25, 0.3) is 5.88 Å². The van der Waals surface area contributed by atoms with Gasteiger partial charge in [0, 0.05) is 31.2 Å². The molecule has 0 unspecified atom stereocenters. The van der Waals surface area contributed by atoms with Crippen LogP contribution in [0.15, 0.2) is 30.5 Å². The molecule has 0 saturated carbocycles. The number of aromatic nitrogens is 2. The zero-order valence-electron chi connectivity index (χ0n) is 13.2. The molecule has 0 spiro atoms. The minimum absolute atomic E-state index is 0.176. The van der Waals surface area contributed by atoms with Crippen LogP contribution in [0.2, 0.25) is 10.2 Å². The van der Waals surface area contributed by atoms with Crippen LogP contribution >= 0.6 is 23.2 Å². The van der Waals surface area contributed by atoms with E-state index in [1.165, 1.54) is 4.90 Å². The Labute approximate surface area is 154 Å². The molecule has 1 aliphatic rings. The number of ether oxygens (including phenoxy) is 1. The maximum Gasteiger partial charge on any atom is 0.407 e. The summed E-state index contributed by atoms with van der Waals surface area (Å²) in [6.07, 6.45) is 0.651. The predicted octanol–water partition coefficient (Wildman–Crippen LogP) is 3.16. The standard InChI is InChI=1S/C16H16Cl2N4O3/c17-12-3-1-2-11(8-12)10-25-15-14(18)19-9-13(20-15)21-4-6-22(7-5-21)16(23)24/h1-3,8-9H,4-7,10H2,(H,23,24). The largest absolute Gasteiger partial charge is 0.471 e. The molecule has 1 aromatic carbocycles. The van der Waals surface area contributed by atoms with E-state index >= 15 is 0 Å². The van der Waals surface area contributed by atoms with Crippen LogP contribution in [0.1, 0.15) is 5.56 Å². The molecule has 1 saturated heterocycles. The zero-order valence-corrected chi connectivity index (χ0v) is 14.7. The fourth-order valence-electron chi connectivity index (χ4n) is 2.50. The van der Waals surface area contributed by atoms with Gasteiger partial charge in [-0.15, -0.1) is 0 Å². The Morgan fingerprint density at radius 2 is 2.00 bits per heavy atom. The Bertz CT molecular complexity index is 767. The van der Waals surface area contributed by atoms with Crippen molar-refractivity contribution in [2.75, 3.05) is 31.1 Å². The number of rotatable bonds is 4. The number of hydrogen-bond acceptors (Lipinski definition) is 5. The van der Waals surface area contributed by atoms with Gasteiger partial charge in [0.15, 0.2) is 11.0 Å². The highest BCUT2D eigenvalue weighted by atomic mass is 35.5. The lowest BCUT2D eigenvalue weighted by Gasteiger charge is -2.33. The molecule has 3 rings (SSSR count). The lowest BCUT2D eigenvalue weighted by molar-refractivity contribution is 0.142. The van der Waals surface area contributed by atoms with Crippen LogP contribution < -0.4 is 9.64 Å². The van der Waals surface area contributed by atoms with Gasteiger partial charge in [0.1, 0.15) is 6.61 Å². The molecule has 7 nitrogen and oxygen atoms in total. The highest BCUT2D eigenvalue weighted by molar-refractivity contribution is 6.30. The van der Waals surface area contributed by atoms with Gasteiger partial charge in [-0.3, -0.25) is 0 Å². The first-order valence-corrected chi connectivity index (χ1v) is 8.41. The molecule has 2 aromatic rings. The van der Waals surface area contributed by atoms with Crippen molar-refractivity contribution in [2.24, 2.45) is 0 Å². The summed E-state index contributed by atoms with van der Waals surface area (Å²) in [6.45, 7) is 2.18. The van der Waals surface area contributed by atoms with E-state index in [0.717, 1.165) is 5.56 Å². The van der Waals surface area contributed by atoms with E-state index in [1.807, 2.05) is 17.0 Å². The smallest absolute Gasteiger partial charge is 0.407 e. The molecule has 1 fully saturated rings. The van der Waals surface area contributed by atoms with Gasteiger partial charge in [-0.1, -0.05) is 35.3 Å². The lowest BCUT2D eigenvalue weighted by Crippen LogP contribution is -2.48. The summed E-state index contributed by atoms with van der Waals surface area (Å²) in [6, 6.07) is 7.32. The van der Waals surface area contributed by atoms with Gasteiger partial charge in [-0.2, -0.15) is 4.98 Å². The van der Waals surface area contributed by atoms with Crippen LogP contribution in [0.4, 0.5) is 10.6 Å². The minimum Gasteiger partial charge on any atom is -0.471 e. The summed E-state index contributed by atoms with van der Waals surface area (Å²) in [7, 11) is 0. The highest BCUT2D eigenvalue weighted by Gasteiger charge is 2.22. The number of amides is 1. The van der Waals surface area contributed by atoms with Gasteiger partial charge < -0.3 is 19.6 Å². The van der Waals surface area contributed by atoms with Crippen molar-refractivity contribution < 1.29 is 14.6 Å². The molecular formula is C16H16Cl2N4O3. The van der Waals surface area contributed by atoms with Crippen molar-refractivity contribution in [3.05, 3.63) is 46.2 Å². The van der Waals surface area contributed by atoms with Crippen LogP contribution in [-0.2, 0) is 6.61 Å². The molecule has 1 aromatic heterocycles. The minimum atomic E-state index is -0.910. The fourth-order valence-corrected chi connectivity index (χ4v) is 2.86. The number of piperazine rings is 1. The Morgan fingerprint density at radius 1 is 1.24 bits per heavy atom. The van der Waals surface area contributed by atoms with E-state index in [-0.39, 0.29) is 17.6 Å². The molecule has 1 aliphatic heterocycles. The average molecular weight is 383 g/mol. The Morgan fingerprint density at radius 3 is 2.68 bits per heavy atom. The maximum atomic E-state index is 11.0. The number of anilines is 1. The highest BCUT2D eigenvalue weighted by Crippen LogP contribution is 2.24. The molecule has 25 heavy (non-hydrogen) atoms. The lowest BCUT2D eigenvalue weighted by atomic mass is 10.2. The van der Waals surface area contributed by atoms with Crippen LogP contribution in [0, 0.1) is 0 Å². The second-order valence-corrected chi connectivity index (χ2v) is 6.29. The molecule has 2 heterocycles. The van der Waals surface area contributed by atoms with Gasteiger partial charge in [0.05, 0.1) is 6.20 Å². The number of benzene rings is 1. The first kappa shape index (κ1) is 17.6. The van der Waals surface area contributed by atoms with Gasteiger partial charge in [-0.25, -0.2) is 9.78 Å². The Kier molecular flexibility index (Phi) is 5.45. The number of halogens is 2. The quantitative estimate of drug-likeness (QED) is 0.874. The number of carboxylic acid groups (broad SMARTS) is 1. The number of hydrogen-bond donors (Lipinski definition) is 1. The third kappa shape index (κ3) is 4.43. The summed E-state index contributed by atoms with van der Waals surface area (Å²) in [4.78, 5) is 22.8. The third-order valence-corrected chi connectivity index (χ3v) is 4.32. The fraction of sp³-hybridized carbons (Fsp3) is 0.312. The monoisotopic (exact) mass is 382 g/mol. The van der Waals surface area contributed by atoms with Crippen molar-refractivity contribution in [2.45, 2.75) is 6.61 Å². The summed E-state index contributed by atoms with van der Waals surface area (Å²) in [5, 5.41) is 9.81. The molecular weight excluding hydrogens is 367 g/mol. The molecule has 9 heteroatoms. The first-order valence-electron chi connectivity index (χ1n) is 7.65. The second kappa shape index (κ2) is 7.76. The molecule has 0 bridgehead atoms. The van der Waals surface area contributed by atoms with Crippen LogP contribution in [0.3, 0.4) is 0 Å². The number of carbonyl (C=O) groups is 1. The van der Waals surface area contributed by atoms with E-state index in [4.69, 9.17) is 33.0 Å². The van der Waals surface area contributed by atoms with E-state index in [1.54, 1.807) is 18.3 Å². The van der Waals surface area contributed by atoms with E-state index in [2.05, 4.69) is 9.97 Å². The van der Waals surface area contributed by atoms with Gasteiger partial charge in [-0.05, 0) is 17.7 Å². The Balaban J connectivity index is 1.67. The topological polar surface area (TPSA) is 78.8 Å². The molecule has 0 radical (unpaired) electrons. The molecule has 1 amide bonds. The summed E-state index contributed by atoms with van der Waals surface area (Å²) in [5.74, 6) is 0.843. The number of nitrogens with zero attached hydrogens (tertiary/aromatic N) is 4. The molecule has 0 atom stereocenters. The molecule has 0 aliphatic carbocycles. The van der Waals surface area contributed by atoms with E-state index < -0.39 is 6.09 Å².